The number of carboxylic acids is 1. The molecule has 3 aromatic carbocycles. The Labute approximate surface area is 169 Å². The monoisotopic (exact) mass is 386 g/mol. The van der Waals surface area contributed by atoms with Gasteiger partial charge in [-0.2, -0.15) is 0 Å². The third kappa shape index (κ3) is 3.79. The number of hydrogen-bond acceptors (Lipinski definition) is 3. The molecule has 0 saturated carbocycles. The second-order valence-corrected chi connectivity index (χ2v) is 7.38. The second kappa shape index (κ2) is 7.92. The first-order chi connectivity index (χ1) is 14.0. The number of fused-ring (bicyclic) bond motifs is 1. The van der Waals surface area contributed by atoms with E-state index in [1.165, 1.54) is 0 Å². The summed E-state index contributed by atoms with van der Waals surface area (Å²) in [5.41, 5.74) is 3.25. The maximum absolute atomic E-state index is 12.7. The number of aryl methyl sites for hydroxylation is 1. The van der Waals surface area contributed by atoms with E-state index in [2.05, 4.69) is 0 Å². The SMILES string of the molecule is Cc1ccc(C(=O)O)c(-c2cccc3cccc(OC(=O)C4=CCCCC4)c23)c1. The average molecular weight is 386 g/mol. The lowest BCUT2D eigenvalue weighted by Crippen LogP contribution is -2.13. The Bertz CT molecular complexity index is 1140. The van der Waals surface area contributed by atoms with Crippen molar-refractivity contribution in [2.45, 2.75) is 32.6 Å². The number of esters is 1. The van der Waals surface area contributed by atoms with Crippen molar-refractivity contribution in [1.29, 1.82) is 0 Å². The fourth-order valence-corrected chi connectivity index (χ4v) is 3.87. The van der Waals surface area contributed by atoms with Gasteiger partial charge in [-0.3, -0.25) is 0 Å². The molecule has 0 saturated heterocycles. The molecule has 1 N–H and O–H groups in total. The maximum Gasteiger partial charge on any atom is 0.339 e. The van der Waals surface area contributed by atoms with Gasteiger partial charge in [0.1, 0.15) is 5.75 Å². The highest BCUT2D eigenvalue weighted by Gasteiger charge is 2.19. The van der Waals surface area contributed by atoms with Gasteiger partial charge >= 0.3 is 11.9 Å². The van der Waals surface area contributed by atoms with Gasteiger partial charge in [0.05, 0.1) is 5.56 Å². The van der Waals surface area contributed by atoms with Gasteiger partial charge in [0.2, 0.25) is 0 Å². The minimum atomic E-state index is -0.987. The van der Waals surface area contributed by atoms with Crippen LogP contribution in [0.5, 0.6) is 5.75 Å². The van der Waals surface area contributed by atoms with Crippen LogP contribution < -0.4 is 4.74 Å². The van der Waals surface area contributed by atoms with Gasteiger partial charge in [-0.15, -0.1) is 0 Å². The summed E-state index contributed by atoms with van der Waals surface area (Å²) in [7, 11) is 0. The van der Waals surface area contributed by atoms with Gasteiger partial charge in [-0.1, -0.05) is 54.1 Å². The number of aromatic carboxylic acids is 1. The van der Waals surface area contributed by atoms with Crippen LogP contribution in [0.25, 0.3) is 21.9 Å². The fraction of sp³-hybridized carbons (Fsp3) is 0.200. The molecule has 0 bridgehead atoms. The third-order valence-corrected chi connectivity index (χ3v) is 5.32. The minimum absolute atomic E-state index is 0.221. The zero-order chi connectivity index (χ0) is 20.4. The van der Waals surface area contributed by atoms with Crippen molar-refractivity contribution in [3.05, 3.63) is 77.4 Å². The molecule has 0 radical (unpaired) electrons. The Balaban J connectivity index is 1.87. The lowest BCUT2D eigenvalue weighted by atomic mass is 9.93. The van der Waals surface area contributed by atoms with Gasteiger partial charge < -0.3 is 9.84 Å². The number of carboxylic acid groups (broad SMARTS) is 1. The summed E-state index contributed by atoms with van der Waals surface area (Å²) < 4.78 is 5.81. The largest absolute Gasteiger partial charge is 0.478 e. The van der Waals surface area contributed by atoms with Crippen molar-refractivity contribution in [1.82, 2.24) is 0 Å². The average Bonchev–Trinajstić information content (AvgIpc) is 2.74. The molecular weight excluding hydrogens is 364 g/mol. The highest BCUT2D eigenvalue weighted by molar-refractivity contribution is 6.07. The number of allylic oxidation sites excluding steroid dienone is 1. The molecule has 0 atom stereocenters. The molecule has 0 heterocycles. The Kier molecular flexibility index (Phi) is 5.17. The first kappa shape index (κ1) is 18.9. The molecule has 29 heavy (non-hydrogen) atoms. The predicted octanol–water partition coefficient (Wildman–Crippen LogP) is 5.92. The lowest BCUT2D eigenvalue weighted by molar-refractivity contribution is -0.130. The Morgan fingerprint density at radius 3 is 2.48 bits per heavy atom. The number of rotatable bonds is 4. The number of carbonyl (C=O) groups is 2. The van der Waals surface area contributed by atoms with Gasteiger partial charge in [-0.05, 0) is 61.3 Å². The van der Waals surface area contributed by atoms with Crippen molar-refractivity contribution < 1.29 is 19.4 Å². The molecule has 1 aliphatic rings. The van der Waals surface area contributed by atoms with Gasteiger partial charge in [0, 0.05) is 11.0 Å². The molecule has 0 amide bonds. The van der Waals surface area contributed by atoms with Crippen LogP contribution in [-0.4, -0.2) is 17.0 Å². The normalized spacial score (nSPS) is 13.8. The topological polar surface area (TPSA) is 63.6 Å². The summed E-state index contributed by atoms with van der Waals surface area (Å²) in [5, 5.41) is 11.3. The number of ether oxygens (including phenoxy) is 1. The van der Waals surface area contributed by atoms with Crippen molar-refractivity contribution >= 4 is 22.7 Å². The highest BCUT2D eigenvalue weighted by Crippen LogP contribution is 2.37. The molecule has 3 aromatic rings. The standard InChI is InChI=1S/C25H22O4/c1-16-13-14-20(24(26)27)21(15-16)19-11-5-9-17-10-6-12-22(23(17)19)29-25(28)18-7-3-2-4-8-18/h5-7,9-15H,2-4,8H2,1H3,(H,26,27). The summed E-state index contributed by atoms with van der Waals surface area (Å²) >= 11 is 0. The van der Waals surface area contributed by atoms with Crippen molar-refractivity contribution in [2.24, 2.45) is 0 Å². The zero-order valence-corrected chi connectivity index (χ0v) is 16.3. The Hall–Kier alpha value is -3.40. The van der Waals surface area contributed by atoms with E-state index in [-0.39, 0.29) is 11.5 Å². The number of hydrogen-bond donors (Lipinski definition) is 1. The van der Waals surface area contributed by atoms with Crippen LogP contribution in [0.1, 0.15) is 41.6 Å². The molecule has 4 rings (SSSR count). The van der Waals surface area contributed by atoms with Gasteiger partial charge in [0.25, 0.3) is 0 Å². The molecular formula is C25H22O4. The Morgan fingerprint density at radius 1 is 0.966 bits per heavy atom. The van der Waals surface area contributed by atoms with Crippen LogP contribution in [0, 0.1) is 6.92 Å². The van der Waals surface area contributed by atoms with Crippen molar-refractivity contribution in [3.63, 3.8) is 0 Å². The van der Waals surface area contributed by atoms with E-state index in [1.54, 1.807) is 18.2 Å². The van der Waals surface area contributed by atoms with Crippen LogP contribution in [0.15, 0.2) is 66.2 Å². The molecule has 0 aromatic heterocycles. The number of carbonyl (C=O) groups excluding carboxylic acids is 1. The summed E-state index contributed by atoms with van der Waals surface area (Å²) in [6.07, 6.45) is 5.68. The molecule has 0 aliphatic heterocycles. The van der Waals surface area contributed by atoms with Crippen LogP contribution in [0.2, 0.25) is 0 Å². The third-order valence-electron chi connectivity index (χ3n) is 5.32. The molecule has 146 valence electrons. The zero-order valence-electron chi connectivity index (χ0n) is 16.3. The summed E-state index contributed by atoms with van der Waals surface area (Å²) in [5.74, 6) is -0.860. The molecule has 0 spiro atoms. The van der Waals surface area contributed by atoms with Crippen LogP contribution in [0.4, 0.5) is 0 Å². The minimum Gasteiger partial charge on any atom is -0.478 e. The lowest BCUT2D eigenvalue weighted by Gasteiger charge is -2.16. The summed E-state index contributed by atoms with van der Waals surface area (Å²) in [6.45, 7) is 1.93. The van der Waals surface area contributed by atoms with E-state index >= 15 is 0 Å². The highest BCUT2D eigenvalue weighted by atomic mass is 16.5. The van der Waals surface area contributed by atoms with E-state index in [0.717, 1.165) is 47.6 Å². The van der Waals surface area contributed by atoms with E-state index < -0.39 is 5.97 Å². The number of benzene rings is 3. The van der Waals surface area contributed by atoms with Crippen LogP contribution >= 0.6 is 0 Å². The summed E-state index contributed by atoms with van der Waals surface area (Å²) in [4.78, 5) is 24.5. The Morgan fingerprint density at radius 2 is 1.76 bits per heavy atom. The fourth-order valence-electron chi connectivity index (χ4n) is 3.87. The van der Waals surface area contributed by atoms with E-state index in [9.17, 15) is 14.7 Å². The molecule has 1 aliphatic carbocycles. The smallest absolute Gasteiger partial charge is 0.339 e. The van der Waals surface area contributed by atoms with Crippen molar-refractivity contribution in [2.75, 3.05) is 0 Å². The van der Waals surface area contributed by atoms with E-state index in [4.69, 9.17) is 4.74 Å². The molecule has 4 nitrogen and oxygen atoms in total. The van der Waals surface area contributed by atoms with E-state index in [1.807, 2.05) is 49.4 Å². The van der Waals surface area contributed by atoms with Crippen LogP contribution in [0.3, 0.4) is 0 Å². The predicted molar refractivity (Wildman–Crippen MR) is 113 cm³/mol. The first-order valence-corrected chi connectivity index (χ1v) is 9.82. The quantitative estimate of drug-likeness (QED) is 0.447. The van der Waals surface area contributed by atoms with Crippen molar-refractivity contribution in [3.8, 4) is 16.9 Å². The van der Waals surface area contributed by atoms with E-state index in [0.29, 0.717) is 16.9 Å². The van der Waals surface area contributed by atoms with Gasteiger partial charge in [-0.25, -0.2) is 9.59 Å². The molecule has 0 fully saturated rings. The van der Waals surface area contributed by atoms with Gasteiger partial charge in [0.15, 0.2) is 0 Å². The van der Waals surface area contributed by atoms with Crippen LogP contribution in [-0.2, 0) is 4.79 Å². The molecule has 4 heteroatoms. The maximum atomic E-state index is 12.7. The second-order valence-electron chi connectivity index (χ2n) is 7.38. The molecule has 0 unspecified atom stereocenters. The first-order valence-electron chi connectivity index (χ1n) is 9.82. The summed E-state index contributed by atoms with van der Waals surface area (Å²) in [6, 6.07) is 16.5.